The van der Waals surface area contributed by atoms with Gasteiger partial charge in [-0.05, 0) is 115 Å². The highest BCUT2D eigenvalue weighted by Crippen LogP contribution is 2.53. The third-order valence-electron chi connectivity index (χ3n) is 10.2. The lowest BCUT2D eigenvalue weighted by Gasteiger charge is -2.42. The number of hydrogen-bond donors (Lipinski definition) is 0. The van der Waals surface area contributed by atoms with Crippen LogP contribution in [0.3, 0.4) is 0 Å². The van der Waals surface area contributed by atoms with E-state index >= 15 is 0 Å². The van der Waals surface area contributed by atoms with E-state index in [-0.39, 0.29) is 5.41 Å². The SMILES string of the molecule is CC1(C)c2cc(-c3ccc4ccccc4c3)ccc2N(c2ccc(-c3ccccc3)cc2)c2ccc(-c3ccc4ccccc4c3)cc21. The highest BCUT2D eigenvalue weighted by Gasteiger charge is 2.37. The van der Waals surface area contributed by atoms with E-state index in [2.05, 4.69) is 195 Å². The molecule has 1 heterocycles. The molecule has 0 bridgehead atoms. The van der Waals surface area contributed by atoms with Crippen LogP contribution in [0, 0.1) is 0 Å². The van der Waals surface area contributed by atoms with Crippen LogP contribution in [0.25, 0.3) is 54.9 Å². The highest BCUT2D eigenvalue weighted by molar-refractivity contribution is 5.92. The van der Waals surface area contributed by atoms with Gasteiger partial charge in [-0.25, -0.2) is 0 Å². The summed E-state index contributed by atoms with van der Waals surface area (Å²) in [5.41, 5.74) is 13.4. The molecule has 0 N–H and O–H groups in total. The van der Waals surface area contributed by atoms with E-state index < -0.39 is 0 Å². The van der Waals surface area contributed by atoms with Crippen molar-refractivity contribution in [2.24, 2.45) is 0 Å². The van der Waals surface area contributed by atoms with Gasteiger partial charge < -0.3 is 4.90 Å². The summed E-state index contributed by atoms with van der Waals surface area (Å²) >= 11 is 0. The van der Waals surface area contributed by atoms with E-state index in [1.165, 1.54) is 77.4 Å². The molecule has 228 valence electrons. The summed E-state index contributed by atoms with van der Waals surface area (Å²) in [6, 6.07) is 64.6. The van der Waals surface area contributed by atoms with Crippen LogP contribution in [0.4, 0.5) is 17.1 Å². The van der Waals surface area contributed by atoms with Crippen molar-refractivity contribution in [3.8, 4) is 33.4 Å². The van der Waals surface area contributed by atoms with E-state index in [1.807, 2.05) is 0 Å². The van der Waals surface area contributed by atoms with Crippen molar-refractivity contribution in [2.45, 2.75) is 19.3 Å². The van der Waals surface area contributed by atoms with Gasteiger partial charge in [-0.3, -0.25) is 0 Å². The minimum Gasteiger partial charge on any atom is -0.310 e. The Bertz CT molecular complexity index is 2340. The largest absolute Gasteiger partial charge is 0.310 e. The van der Waals surface area contributed by atoms with Gasteiger partial charge in [0.05, 0.1) is 11.4 Å². The average Bonchev–Trinajstić information content (AvgIpc) is 3.15. The van der Waals surface area contributed by atoms with Crippen molar-refractivity contribution in [3.05, 3.63) is 187 Å². The summed E-state index contributed by atoms with van der Waals surface area (Å²) in [5, 5.41) is 5.05. The van der Waals surface area contributed by atoms with Gasteiger partial charge in [0.2, 0.25) is 0 Å². The van der Waals surface area contributed by atoms with Crippen molar-refractivity contribution in [1.29, 1.82) is 0 Å². The second kappa shape index (κ2) is 11.1. The fourth-order valence-corrected chi connectivity index (χ4v) is 7.55. The van der Waals surface area contributed by atoms with Crippen LogP contribution in [-0.4, -0.2) is 0 Å². The van der Waals surface area contributed by atoms with Crippen molar-refractivity contribution in [3.63, 3.8) is 0 Å². The molecule has 0 spiro atoms. The van der Waals surface area contributed by atoms with Crippen LogP contribution >= 0.6 is 0 Å². The van der Waals surface area contributed by atoms with E-state index in [0.717, 1.165) is 5.69 Å². The quantitative estimate of drug-likeness (QED) is 0.191. The van der Waals surface area contributed by atoms with Crippen LogP contribution < -0.4 is 4.90 Å². The Morgan fingerprint density at radius 2 is 0.729 bits per heavy atom. The molecular formula is C47H35N. The zero-order valence-electron chi connectivity index (χ0n) is 27.2. The predicted octanol–water partition coefficient (Wildman–Crippen LogP) is 13.1. The van der Waals surface area contributed by atoms with Crippen LogP contribution in [0.1, 0.15) is 25.0 Å². The van der Waals surface area contributed by atoms with Gasteiger partial charge >= 0.3 is 0 Å². The molecule has 1 aliphatic heterocycles. The predicted molar refractivity (Wildman–Crippen MR) is 205 cm³/mol. The fraction of sp³-hybridized carbons (Fsp3) is 0.0638. The molecule has 1 heteroatoms. The van der Waals surface area contributed by atoms with Gasteiger partial charge in [0.25, 0.3) is 0 Å². The molecule has 0 unspecified atom stereocenters. The number of nitrogens with zero attached hydrogens (tertiary/aromatic N) is 1. The maximum Gasteiger partial charge on any atom is 0.0503 e. The molecule has 1 aliphatic rings. The maximum atomic E-state index is 2.46. The molecule has 0 radical (unpaired) electrons. The van der Waals surface area contributed by atoms with Gasteiger partial charge in [-0.2, -0.15) is 0 Å². The number of anilines is 3. The molecule has 0 saturated heterocycles. The molecule has 48 heavy (non-hydrogen) atoms. The Morgan fingerprint density at radius 1 is 0.333 bits per heavy atom. The number of hydrogen-bond acceptors (Lipinski definition) is 1. The van der Waals surface area contributed by atoms with E-state index in [1.54, 1.807) is 0 Å². The first-order valence-electron chi connectivity index (χ1n) is 16.8. The number of benzene rings is 8. The fourth-order valence-electron chi connectivity index (χ4n) is 7.55. The Labute approximate surface area is 282 Å². The van der Waals surface area contributed by atoms with Crippen molar-refractivity contribution >= 4 is 38.6 Å². The smallest absolute Gasteiger partial charge is 0.0503 e. The van der Waals surface area contributed by atoms with Gasteiger partial charge in [-0.1, -0.05) is 141 Å². The summed E-state index contributed by atoms with van der Waals surface area (Å²) in [6.45, 7) is 4.77. The van der Waals surface area contributed by atoms with Gasteiger partial charge in [0.15, 0.2) is 0 Å². The summed E-state index contributed by atoms with van der Waals surface area (Å²) in [7, 11) is 0. The number of rotatable bonds is 4. The molecule has 0 fully saturated rings. The first kappa shape index (κ1) is 28.3. The monoisotopic (exact) mass is 613 g/mol. The summed E-state index contributed by atoms with van der Waals surface area (Å²) in [5.74, 6) is 0. The zero-order chi connectivity index (χ0) is 32.2. The van der Waals surface area contributed by atoms with Gasteiger partial charge in [0, 0.05) is 11.1 Å². The standard InChI is InChI=1S/C47H35N/c1-47(2)43-30-40(38-18-16-33-12-6-8-14-36(33)28-38)22-26-45(43)48(42-24-20-35(21-25-42)32-10-4-3-5-11-32)46-27-23-41(31-44(46)47)39-19-17-34-13-7-9-15-37(34)29-39/h3-31H,1-2H3. The Kier molecular flexibility index (Phi) is 6.55. The minimum atomic E-state index is -0.231. The van der Waals surface area contributed by atoms with Gasteiger partial charge in [0.1, 0.15) is 0 Å². The molecule has 8 aromatic carbocycles. The summed E-state index contributed by atoms with van der Waals surface area (Å²) in [4.78, 5) is 2.46. The highest BCUT2D eigenvalue weighted by atomic mass is 15.2. The molecule has 0 amide bonds. The molecule has 1 nitrogen and oxygen atoms in total. The van der Waals surface area contributed by atoms with Crippen LogP contribution in [0.5, 0.6) is 0 Å². The lowest BCUT2D eigenvalue weighted by molar-refractivity contribution is 0.632. The third-order valence-corrected chi connectivity index (χ3v) is 10.2. The molecule has 0 aliphatic carbocycles. The summed E-state index contributed by atoms with van der Waals surface area (Å²) in [6.07, 6.45) is 0. The van der Waals surface area contributed by atoms with Crippen molar-refractivity contribution in [1.82, 2.24) is 0 Å². The second-order valence-corrected chi connectivity index (χ2v) is 13.5. The first-order chi connectivity index (χ1) is 23.5. The Morgan fingerprint density at radius 3 is 1.25 bits per heavy atom. The van der Waals surface area contributed by atoms with Gasteiger partial charge in [-0.15, -0.1) is 0 Å². The Balaban J connectivity index is 1.22. The lowest BCUT2D eigenvalue weighted by Crippen LogP contribution is -2.30. The average molecular weight is 614 g/mol. The third kappa shape index (κ3) is 4.70. The molecular weight excluding hydrogens is 579 g/mol. The first-order valence-corrected chi connectivity index (χ1v) is 16.8. The van der Waals surface area contributed by atoms with Crippen LogP contribution in [-0.2, 0) is 5.41 Å². The van der Waals surface area contributed by atoms with Crippen molar-refractivity contribution in [2.75, 3.05) is 4.90 Å². The van der Waals surface area contributed by atoms with Crippen molar-refractivity contribution < 1.29 is 0 Å². The topological polar surface area (TPSA) is 3.24 Å². The number of fused-ring (bicyclic) bond motifs is 4. The lowest BCUT2D eigenvalue weighted by atomic mass is 9.72. The van der Waals surface area contributed by atoms with Crippen LogP contribution in [0.15, 0.2) is 176 Å². The normalized spacial score (nSPS) is 13.3. The minimum absolute atomic E-state index is 0.231. The van der Waals surface area contributed by atoms with Crippen LogP contribution in [0.2, 0.25) is 0 Å². The summed E-state index contributed by atoms with van der Waals surface area (Å²) < 4.78 is 0. The molecule has 9 rings (SSSR count). The zero-order valence-corrected chi connectivity index (χ0v) is 27.2. The van der Waals surface area contributed by atoms with E-state index in [9.17, 15) is 0 Å². The molecule has 0 atom stereocenters. The Hall–Kier alpha value is -5.92. The maximum absolute atomic E-state index is 2.46. The molecule has 8 aromatic rings. The van der Waals surface area contributed by atoms with E-state index in [0.29, 0.717) is 0 Å². The molecule has 0 aromatic heterocycles. The molecule has 0 saturated carbocycles. The van der Waals surface area contributed by atoms with E-state index in [4.69, 9.17) is 0 Å². The second-order valence-electron chi connectivity index (χ2n) is 13.5.